The van der Waals surface area contributed by atoms with Gasteiger partial charge in [0.1, 0.15) is 0 Å². The maximum atomic E-state index is 2.60. The summed E-state index contributed by atoms with van der Waals surface area (Å²) in [4.78, 5) is 2.50. The normalized spacial score (nSPS) is 16.5. The third kappa shape index (κ3) is 5.77. The highest BCUT2D eigenvalue weighted by Crippen LogP contribution is 2.61. The molecule has 0 saturated heterocycles. The first kappa shape index (κ1) is 39.6. The third-order valence-corrected chi connectivity index (χ3v) is 15.8. The van der Waals surface area contributed by atoms with E-state index >= 15 is 0 Å². The van der Waals surface area contributed by atoms with Crippen LogP contribution in [0.3, 0.4) is 0 Å². The maximum Gasteiger partial charge on any atom is 0.0734 e. The summed E-state index contributed by atoms with van der Waals surface area (Å²) >= 11 is 0. The molecule has 0 unspecified atom stereocenters. The second-order valence-electron chi connectivity index (χ2n) is 20.7. The molecule has 316 valence electrons. The minimum Gasteiger partial charge on any atom is -0.310 e. The Bertz CT molecular complexity index is 3290. The Balaban J connectivity index is 1.07. The molecule has 0 saturated carbocycles. The molecule has 0 aliphatic heterocycles. The first-order valence-electron chi connectivity index (χ1n) is 23.6. The molecule has 0 bridgehead atoms. The lowest BCUT2D eigenvalue weighted by molar-refractivity contribution is 0.331. The Labute approximate surface area is 385 Å². The van der Waals surface area contributed by atoms with Gasteiger partial charge in [0.25, 0.3) is 0 Å². The van der Waals surface area contributed by atoms with E-state index < -0.39 is 5.41 Å². The second kappa shape index (κ2) is 14.3. The average molecular weight is 838 g/mol. The summed E-state index contributed by atoms with van der Waals surface area (Å²) in [5, 5.41) is 2.45. The van der Waals surface area contributed by atoms with Crippen molar-refractivity contribution in [3.05, 3.63) is 245 Å². The number of anilines is 3. The number of para-hydroxylation sites is 1. The van der Waals surface area contributed by atoms with E-state index in [4.69, 9.17) is 0 Å². The number of benzene rings is 9. The van der Waals surface area contributed by atoms with Crippen LogP contribution in [-0.4, -0.2) is 0 Å². The molecule has 9 aromatic carbocycles. The van der Waals surface area contributed by atoms with E-state index in [1.54, 1.807) is 0 Å². The fourth-order valence-corrected chi connectivity index (χ4v) is 12.3. The molecule has 9 aromatic rings. The van der Waals surface area contributed by atoms with Crippen LogP contribution in [0.1, 0.15) is 98.9 Å². The van der Waals surface area contributed by atoms with E-state index in [-0.39, 0.29) is 16.2 Å². The molecule has 0 spiro atoms. The maximum absolute atomic E-state index is 2.60. The molecule has 3 aliphatic rings. The Morgan fingerprint density at radius 3 is 1.65 bits per heavy atom. The highest BCUT2D eigenvalue weighted by molar-refractivity contribution is 5.99. The zero-order valence-corrected chi connectivity index (χ0v) is 38.4. The molecule has 1 nitrogen and oxygen atoms in total. The average Bonchev–Trinajstić information content (AvgIpc) is 3.77. The van der Waals surface area contributed by atoms with Crippen LogP contribution in [-0.2, 0) is 21.7 Å². The topological polar surface area (TPSA) is 3.24 Å². The summed E-state index contributed by atoms with van der Waals surface area (Å²) in [6.45, 7) is 14.7. The predicted octanol–water partition coefficient (Wildman–Crippen LogP) is 17.0. The minimum absolute atomic E-state index is 0.0993. The van der Waals surface area contributed by atoms with E-state index in [1.165, 1.54) is 107 Å². The standard InChI is InChI=1S/C64H55N/c1-61(2)36-37-62(3,4)57-41-55-52(40-56(57)61)59-49(27-18-30-54(59)63(55,5)6)43-33-32-42-34-35-48(39-44(42)38-43)65(47-24-14-9-15-25-47)58-31-19-28-51-50-26-16-17-29-53(50)64(60(51)58,45-20-10-7-11-21-45)46-22-12-8-13-23-46/h7-35,38-41H,36-37H2,1-6H3. The molecule has 0 atom stereocenters. The lowest BCUT2D eigenvalue weighted by Crippen LogP contribution is -2.34. The van der Waals surface area contributed by atoms with Gasteiger partial charge in [-0.1, -0.05) is 199 Å². The van der Waals surface area contributed by atoms with Crippen molar-refractivity contribution >= 4 is 27.8 Å². The number of nitrogens with zero attached hydrogens (tertiary/aromatic N) is 1. The molecular formula is C64H55N. The van der Waals surface area contributed by atoms with Gasteiger partial charge in [-0.25, -0.2) is 0 Å². The van der Waals surface area contributed by atoms with Gasteiger partial charge in [-0.3, -0.25) is 0 Å². The fraction of sp³-hybridized carbons (Fsp3) is 0.188. The van der Waals surface area contributed by atoms with Crippen molar-refractivity contribution in [2.45, 2.75) is 76.0 Å². The van der Waals surface area contributed by atoms with Crippen molar-refractivity contribution in [2.24, 2.45) is 0 Å². The van der Waals surface area contributed by atoms with Gasteiger partial charge in [0, 0.05) is 22.4 Å². The Hall–Kier alpha value is -6.96. The molecule has 3 aliphatic carbocycles. The van der Waals surface area contributed by atoms with E-state index in [2.05, 4.69) is 247 Å². The van der Waals surface area contributed by atoms with Crippen molar-refractivity contribution in [3.63, 3.8) is 0 Å². The zero-order chi connectivity index (χ0) is 44.3. The van der Waals surface area contributed by atoms with Crippen LogP contribution in [0.4, 0.5) is 17.1 Å². The van der Waals surface area contributed by atoms with Crippen molar-refractivity contribution in [3.8, 4) is 33.4 Å². The van der Waals surface area contributed by atoms with Gasteiger partial charge >= 0.3 is 0 Å². The SMILES string of the molecule is CC1(C)CCC(C)(C)c2cc3c(cc21)-c1c(-c2ccc4ccc(N(c5ccccc5)c5cccc6c5C(c5ccccc5)(c5ccccc5)c5ccccc5-6)cc4c2)cccc1C3(C)C. The van der Waals surface area contributed by atoms with Gasteiger partial charge in [0.2, 0.25) is 0 Å². The highest BCUT2D eigenvalue weighted by atomic mass is 15.1. The largest absolute Gasteiger partial charge is 0.310 e. The first-order valence-corrected chi connectivity index (χ1v) is 23.6. The molecule has 1 heteroatoms. The summed E-state index contributed by atoms with van der Waals surface area (Å²) in [6.07, 6.45) is 2.42. The molecule has 0 amide bonds. The van der Waals surface area contributed by atoms with Gasteiger partial charge < -0.3 is 4.90 Å². The van der Waals surface area contributed by atoms with E-state index in [1.807, 2.05) is 0 Å². The van der Waals surface area contributed by atoms with Crippen LogP contribution in [0.25, 0.3) is 44.2 Å². The first-order chi connectivity index (χ1) is 31.5. The molecule has 0 fully saturated rings. The summed E-state index contributed by atoms with van der Waals surface area (Å²) in [5.74, 6) is 0. The quantitative estimate of drug-likeness (QED) is 0.161. The van der Waals surface area contributed by atoms with Gasteiger partial charge in [-0.05, 0) is 149 Å². The van der Waals surface area contributed by atoms with Crippen LogP contribution < -0.4 is 4.90 Å². The van der Waals surface area contributed by atoms with Gasteiger partial charge in [0.15, 0.2) is 0 Å². The molecule has 0 N–H and O–H groups in total. The summed E-state index contributed by atoms with van der Waals surface area (Å²) in [6, 6.07) is 75.6. The second-order valence-corrected chi connectivity index (χ2v) is 20.7. The molecule has 65 heavy (non-hydrogen) atoms. The van der Waals surface area contributed by atoms with Crippen LogP contribution in [0, 0.1) is 0 Å². The number of rotatable bonds is 6. The van der Waals surface area contributed by atoms with Crippen LogP contribution in [0.2, 0.25) is 0 Å². The van der Waals surface area contributed by atoms with Crippen LogP contribution in [0.5, 0.6) is 0 Å². The number of hydrogen-bond acceptors (Lipinski definition) is 1. The van der Waals surface area contributed by atoms with Crippen molar-refractivity contribution in [1.82, 2.24) is 0 Å². The molecular weight excluding hydrogens is 783 g/mol. The highest BCUT2D eigenvalue weighted by Gasteiger charge is 2.48. The van der Waals surface area contributed by atoms with E-state index in [0.717, 1.165) is 11.4 Å². The zero-order valence-electron chi connectivity index (χ0n) is 38.4. The van der Waals surface area contributed by atoms with Crippen molar-refractivity contribution < 1.29 is 0 Å². The Morgan fingerprint density at radius 1 is 0.369 bits per heavy atom. The van der Waals surface area contributed by atoms with Crippen LogP contribution >= 0.6 is 0 Å². The van der Waals surface area contributed by atoms with Crippen LogP contribution in [0.15, 0.2) is 200 Å². The van der Waals surface area contributed by atoms with Gasteiger partial charge in [-0.15, -0.1) is 0 Å². The summed E-state index contributed by atoms with van der Waals surface area (Å²) in [7, 11) is 0. The van der Waals surface area contributed by atoms with E-state index in [9.17, 15) is 0 Å². The Kier molecular flexibility index (Phi) is 8.70. The smallest absolute Gasteiger partial charge is 0.0734 e. The van der Waals surface area contributed by atoms with E-state index in [0.29, 0.717) is 0 Å². The molecule has 0 heterocycles. The van der Waals surface area contributed by atoms with Gasteiger partial charge in [0.05, 0.1) is 11.1 Å². The summed E-state index contributed by atoms with van der Waals surface area (Å²) < 4.78 is 0. The third-order valence-electron chi connectivity index (χ3n) is 15.8. The van der Waals surface area contributed by atoms with Crippen molar-refractivity contribution in [2.75, 3.05) is 4.90 Å². The lowest BCUT2D eigenvalue weighted by Gasteiger charge is -2.42. The monoisotopic (exact) mass is 837 g/mol. The molecule has 12 rings (SSSR count). The van der Waals surface area contributed by atoms with Gasteiger partial charge in [-0.2, -0.15) is 0 Å². The fourth-order valence-electron chi connectivity index (χ4n) is 12.3. The Morgan fingerprint density at radius 2 is 0.938 bits per heavy atom. The number of fused-ring (bicyclic) bond motifs is 8. The lowest BCUT2D eigenvalue weighted by atomic mass is 9.62. The summed E-state index contributed by atoms with van der Waals surface area (Å²) in [5.41, 5.74) is 22.0. The predicted molar refractivity (Wildman–Crippen MR) is 274 cm³/mol. The number of hydrogen-bond donors (Lipinski definition) is 0. The molecule has 0 radical (unpaired) electrons. The minimum atomic E-state index is -0.552. The molecule has 0 aromatic heterocycles. The van der Waals surface area contributed by atoms with Crippen molar-refractivity contribution in [1.29, 1.82) is 0 Å².